The number of H-pyrrole nitrogens is 1. The van der Waals surface area contributed by atoms with Crippen molar-refractivity contribution in [2.45, 2.75) is 12.7 Å². The fourth-order valence-electron chi connectivity index (χ4n) is 1.96. The lowest BCUT2D eigenvalue weighted by Crippen LogP contribution is -2.10. The molecule has 0 radical (unpaired) electrons. The third-order valence-electron chi connectivity index (χ3n) is 2.95. The Morgan fingerprint density at radius 1 is 1.29 bits per heavy atom. The highest BCUT2D eigenvalue weighted by Crippen LogP contribution is 2.31. The van der Waals surface area contributed by atoms with E-state index in [1.807, 2.05) is 0 Å². The zero-order valence-corrected chi connectivity index (χ0v) is 10.7. The third-order valence-corrected chi connectivity index (χ3v) is 2.95. The van der Waals surface area contributed by atoms with Gasteiger partial charge in [0.25, 0.3) is 0 Å². The zero-order chi connectivity index (χ0) is 15.0. The van der Waals surface area contributed by atoms with Crippen LogP contribution in [0.4, 0.5) is 13.2 Å². The van der Waals surface area contributed by atoms with Gasteiger partial charge in [-0.1, -0.05) is 5.21 Å². The first kappa shape index (κ1) is 13.6. The van der Waals surface area contributed by atoms with Crippen LogP contribution in [0.5, 0.6) is 0 Å². The van der Waals surface area contributed by atoms with Crippen LogP contribution in [0.3, 0.4) is 0 Å². The van der Waals surface area contributed by atoms with Crippen molar-refractivity contribution in [1.29, 1.82) is 0 Å². The van der Waals surface area contributed by atoms with Crippen LogP contribution < -0.4 is 5.73 Å². The van der Waals surface area contributed by atoms with Crippen molar-refractivity contribution in [3.8, 4) is 11.5 Å². The molecule has 0 unspecified atom stereocenters. The number of aromatic amines is 1. The van der Waals surface area contributed by atoms with E-state index in [1.54, 1.807) is 10.9 Å². The van der Waals surface area contributed by atoms with Crippen LogP contribution in [0.1, 0.15) is 5.56 Å². The number of hydrogen-bond acceptors (Lipinski definition) is 4. The number of halogens is 3. The van der Waals surface area contributed by atoms with Gasteiger partial charge in [-0.05, 0) is 18.2 Å². The van der Waals surface area contributed by atoms with Crippen LogP contribution in [-0.2, 0) is 12.7 Å². The van der Waals surface area contributed by atoms with Crippen molar-refractivity contribution in [1.82, 2.24) is 25.0 Å². The van der Waals surface area contributed by atoms with E-state index in [9.17, 15) is 13.2 Å². The van der Waals surface area contributed by atoms with Crippen molar-refractivity contribution >= 4 is 11.0 Å². The van der Waals surface area contributed by atoms with Crippen molar-refractivity contribution in [2.24, 2.45) is 5.73 Å². The van der Waals surface area contributed by atoms with Crippen LogP contribution in [0.25, 0.3) is 22.6 Å². The van der Waals surface area contributed by atoms with Crippen LogP contribution in [-0.4, -0.2) is 31.5 Å². The number of alkyl halides is 3. The van der Waals surface area contributed by atoms with Crippen molar-refractivity contribution in [2.75, 3.05) is 6.54 Å². The molecule has 0 fully saturated rings. The molecule has 2 heterocycles. The molecule has 110 valence electrons. The Morgan fingerprint density at radius 3 is 2.81 bits per heavy atom. The maximum atomic E-state index is 12.7. The summed E-state index contributed by atoms with van der Waals surface area (Å²) in [5, 5.41) is 7.77. The fraction of sp³-hybridized carbons (Fsp3) is 0.250. The Labute approximate surface area is 116 Å². The van der Waals surface area contributed by atoms with Crippen LogP contribution in [0, 0.1) is 0 Å². The lowest BCUT2D eigenvalue weighted by Gasteiger charge is -2.05. The Bertz CT molecular complexity index is 773. The summed E-state index contributed by atoms with van der Waals surface area (Å²) in [6.07, 6.45) is -2.75. The molecule has 6 nitrogen and oxygen atoms in total. The van der Waals surface area contributed by atoms with Gasteiger partial charge in [0.1, 0.15) is 5.69 Å². The van der Waals surface area contributed by atoms with Crippen LogP contribution in [0.2, 0.25) is 0 Å². The number of hydrogen-bond donors (Lipinski definition) is 2. The molecule has 0 aliphatic carbocycles. The summed E-state index contributed by atoms with van der Waals surface area (Å²) in [6, 6.07) is 3.34. The predicted molar refractivity (Wildman–Crippen MR) is 69.2 cm³/mol. The molecule has 1 aromatic carbocycles. The molecule has 21 heavy (non-hydrogen) atoms. The number of aromatic nitrogens is 5. The second-order valence-electron chi connectivity index (χ2n) is 4.47. The molecule has 3 rings (SSSR count). The van der Waals surface area contributed by atoms with E-state index in [0.717, 1.165) is 12.1 Å². The first-order valence-corrected chi connectivity index (χ1v) is 6.15. The second-order valence-corrected chi connectivity index (χ2v) is 4.47. The Morgan fingerprint density at radius 2 is 2.10 bits per heavy atom. The first-order valence-electron chi connectivity index (χ1n) is 6.15. The highest BCUT2D eigenvalue weighted by molar-refractivity contribution is 5.79. The summed E-state index contributed by atoms with van der Waals surface area (Å²) < 4.78 is 39.5. The van der Waals surface area contributed by atoms with E-state index in [2.05, 4.69) is 20.3 Å². The molecule has 3 aromatic rings. The van der Waals surface area contributed by atoms with Crippen LogP contribution >= 0.6 is 0 Å². The molecule has 9 heteroatoms. The monoisotopic (exact) mass is 296 g/mol. The maximum Gasteiger partial charge on any atom is 0.416 e. The van der Waals surface area contributed by atoms with Crippen molar-refractivity contribution in [3.05, 3.63) is 30.0 Å². The number of nitrogens with zero attached hydrogens (tertiary/aromatic N) is 4. The predicted octanol–water partition coefficient (Wildman–Crippen LogP) is 1.80. The quantitative estimate of drug-likeness (QED) is 0.771. The van der Waals surface area contributed by atoms with E-state index in [1.165, 1.54) is 6.07 Å². The van der Waals surface area contributed by atoms with Crippen molar-refractivity contribution < 1.29 is 13.2 Å². The number of nitrogens with one attached hydrogen (secondary N) is 1. The smallest absolute Gasteiger partial charge is 0.337 e. The minimum atomic E-state index is -4.39. The summed E-state index contributed by atoms with van der Waals surface area (Å²) >= 11 is 0. The third kappa shape index (κ3) is 2.59. The van der Waals surface area contributed by atoms with E-state index >= 15 is 0 Å². The largest absolute Gasteiger partial charge is 0.416 e. The SMILES string of the molecule is NCCn1cc(-c2nc3ccc(C(F)(F)F)cc3[nH]2)nn1. The molecule has 0 spiro atoms. The summed E-state index contributed by atoms with van der Waals surface area (Å²) in [5.74, 6) is 0.368. The van der Waals surface area contributed by atoms with E-state index in [-0.39, 0.29) is 0 Å². The molecular weight excluding hydrogens is 285 g/mol. The topological polar surface area (TPSA) is 85.4 Å². The van der Waals surface area contributed by atoms with Gasteiger partial charge in [-0.2, -0.15) is 13.2 Å². The minimum absolute atomic E-state index is 0.299. The van der Waals surface area contributed by atoms with Gasteiger partial charge in [0.05, 0.1) is 29.3 Å². The van der Waals surface area contributed by atoms with E-state index in [0.29, 0.717) is 35.6 Å². The molecular formula is C12H11F3N6. The molecule has 0 aliphatic heterocycles. The zero-order valence-electron chi connectivity index (χ0n) is 10.7. The van der Waals surface area contributed by atoms with Gasteiger partial charge in [-0.15, -0.1) is 5.10 Å². The maximum absolute atomic E-state index is 12.7. The van der Waals surface area contributed by atoms with Gasteiger partial charge in [-0.3, -0.25) is 4.68 Å². The van der Waals surface area contributed by atoms with Crippen LogP contribution in [0.15, 0.2) is 24.4 Å². The first-order chi connectivity index (χ1) is 9.97. The number of nitrogens with two attached hydrogens (primary N) is 1. The Kier molecular flexibility index (Phi) is 3.13. The number of fused-ring (bicyclic) bond motifs is 1. The van der Waals surface area contributed by atoms with Gasteiger partial charge in [0, 0.05) is 6.54 Å². The summed E-state index contributed by atoms with van der Waals surface area (Å²) in [4.78, 5) is 7.03. The van der Waals surface area contributed by atoms with Gasteiger partial charge in [0.15, 0.2) is 5.82 Å². The average Bonchev–Trinajstić information content (AvgIpc) is 3.02. The standard InChI is InChI=1S/C12H11F3N6/c13-12(14,15)7-1-2-8-9(5-7)18-11(17-8)10-6-21(4-3-16)20-19-10/h1-2,5-6H,3-4,16H2,(H,17,18). The lowest BCUT2D eigenvalue weighted by molar-refractivity contribution is -0.137. The molecule has 0 aliphatic rings. The van der Waals surface area contributed by atoms with E-state index < -0.39 is 11.7 Å². The Hall–Kier alpha value is -2.42. The number of rotatable bonds is 3. The molecule has 0 atom stereocenters. The molecule has 0 saturated heterocycles. The van der Waals surface area contributed by atoms with Crippen molar-refractivity contribution in [3.63, 3.8) is 0 Å². The average molecular weight is 296 g/mol. The highest BCUT2D eigenvalue weighted by atomic mass is 19.4. The molecule has 0 saturated carbocycles. The Balaban J connectivity index is 2.00. The van der Waals surface area contributed by atoms with Gasteiger partial charge in [-0.25, -0.2) is 4.98 Å². The van der Waals surface area contributed by atoms with Gasteiger partial charge >= 0.3 is 6.18 Å². The summed E-state index contributed by atoms with van der Waals surface area (Å²) in [6.45, 7) is 0.920. The summed E-state index contributed by atoms with van der Waals surface area (Å²) in [5.41, 5.74) is 5.87. The molecule has 3 N–H and O–H groups in total. The minimum Gasteiger partial charge on any atom is -0.337 e. The molecule has 2 aromatic heterocycles. The summed E-state index contributed by atoms with van der Waals surface area (Å²) in [7, 11) is 0. The number of benzene rings is 1. The highest BCUT2D eigenvalue weighted by Gasteiger charge is 2.30. The van der Waals surface area contributed by atoms with E-state index in [4.69, 9.17) is 5.73 Å². The fourth-order valence-corrected chi connectivity index (χ4v) is 1.96. The number of imidazole rings is 1. The van der Waals surface area contributed by atoms with Gasteiger partial charge in [0.2, 0.25) is 0 Å². The van der Waals surface area contributed by atoms with Gasteiger partial charge < -0.3 is 10.7 Å². The second kappa shape index (κ2) is 4.85. The normalized spacial score (nSPS) is 12.2. The molecule has 0 amide bonds. The lowest BCUT2D eigenvalue weighted by atomic mass is 10.2. The molecule has 0 bridgehead atoms.